The maximum absolute atomic E-state index is 14.8. The Hall–Kier alpha value is -3.32. The van der Waals surface area contributed by atoms with Gasteiger partial charge in [0.15, 0.2) is 0 Å². The summed E-state index contributed by atoms with van der Waals surface area (Å²) in [5.41, 5.74) is 9.97. The number of rotatable bonds is 4. The Balaban J connectivity index is 2.03. The molecule has 0 saturated carbocycles. The molecule has 0 spiro atoms. The van der Waals surface area contributed by atoms with Gasteiger partial charge in [-0.1, -0.05) is 13.0 Å². The number of imidazole rings is 1. The molecule has 3 aromatic heterocycles. The molecule has 0 unspecified atom stereocenters. The molecule has 0 saturated heterocycles. The van der Waals surface area contributed by atoms with E-state index < -0.39 is 0 Å². The third kappa shape index (κ3) is 3.02. The van der Waals surface area contributed by atoms with Gasteiger partial charge in [0.2, 0.25) is 5.95 Å². The van der Waals surface area contributed by atoms with E-state index in [0.29, 0.717) is 28.3 Å². The van der Waals surface area contributed by atoms with Crippen LogP contribution in [0.2, 0.25) is 0 Å². The number of aryl methyl sites for hydroxylation is 1. The quantitative estimate of drug-likeness (QED) is 0.581. The van der Waals surface area contributed by atoms with Gasteiger partial charge in [0, 0.05) is 18.0 Å². The Morgan fingerprint density at radius 2 is 1.96 bits per heavy atom. The minimum Gasteiger partial charge on any atom is -0.392 e. The molecule has 0 fully saturated rings. The first kappa shape index (κ1) is 17.1. The van der Waals surface area contributed by atoms with Gasteiger partial charge in [0.05, 0.1) is 18.0 Å². The molecule has 136 valence electrons. The second kappa shape index (κ2) is 6.77. The molecule has 0 amide bonds. The van der Waals surface area contributed by atoms with E-state index in [1.807, 2.05) is 17.4 Å². The zero-order chi connectivity index (χ0) is 19.0. The standard InChI is InChI=1S/C20H18FN5O/c1-2-12-3-4-14(15(21)9-12)18-19(16-5-7-23-20(22)24-16)26-8-6-13(11-27)10-17(26)25-18/h3-10,27H,2,11H2,1H3,(H2,22,23,24). The Kier molecular flexibility index (Phi) is 4.29. The molecule has 7 heteroatoms. The number of aliphatic hydroxyl groups excluding tert-OH is 1. The Morgan fingerprint density at radius 3 is 2.67 bits per heavy atom. The topological polar surface area (TPSA) is 89.3 Å². The number of hydrogen-bond acceptors (Lipinski definition) is 5. The van der Waals surface area contributed by atoms with E-state index in [2.05, 4.69) is 15.0 Å². The first-order chi connectivity index (χ1) is 13.1. The van der Waals surface area contributed by atoms with Crippen LogP contribution in [0.3, 0.4) is 0 Å². The monoisotopic (exact) mass is 363 g/mol. The number of hydrogen-bond donors (Lipinski definition) is 2. The number of pyridine rings is 1. The molecule has 0 aliphatic carbocycles. The molecular weight excluding hydrogens is 345 g/mol. The summed E-state index contributed by atoms with van der Waals surface area (Å²) in [5.74, 6) is -0.217. The average Bonchev–Trinajstić information content (AvgIpc) is 3.05. The molecular formula is C20H18FN5O. The molecule has 1 aromatic carbocycles. The highest BCUT2D eigenvalue weighted by molar-refractivity contribution is 5.81. The number of aromatic nitrogens is 4. The van der Waals surface area contributed by atoms with Crippen molar-refractivity contribution in [2.45, 2.75) is 20.0 Å². The van der Waals surface area contributed by atoms with Crippen molar-refractivity contribution in [3.8, 4) is 22.6 Å². The zero-order valence-corrected chi connectivity index (χ0v) is 14.7. The lowest BCUT2D eigenvalue weighted by Crippen LogP contribution is -1.99. The van der Waals surface area contributed by atoms with Crippen LogP contribution in [-0.4, -0.2) is 24.5 Å². The summed E-state index contributed by atoms with van der Waals surface area (Å²) in [6.45, 7) is 1.87. The van der Waals surface area contributed by atoms with Crippen molar-refractivity contribution in [2.75, 3.05) is 5.73 Å². The first-order valence-electron chi connectivity index (χ1n) is 8.60. The summed E-state index contributed by atoms with van der Waals surface area (Å²) in [4.78, 5) is 12.8. The molecule has 4 rings (SSSR count). The minimum atomic E-state index is -0.344. The van der Waals surface area contributed by atoms with Crippen LogP contribution in [0.4, 0.5) is 10.3 Å². The van der Waals surface area contributed by atoms with Gasteiger partial charge >= 0.3 is 0 Å². The number of fused-ring (bicyclic) bond motifs is 1. The molecule has 3 N–H and O–H groups in total. The van der Waals surface area contributed by atoms with E-state index in [-0.39, 0.29) is 18.4 Å². The van der Waals surface area contributed by atoms with Gasteiger partial charge in [-0.2, -0.15) is 0 Å². The number of nitrogens with zero attached hydrogens (tertiary/aromatic N) is 4. The van der Waals surface area contributed by atoms with Crippen LogP contribution in [-0.2, 0) is 13.0 Å². The lowest BCUT2D eigenvalue weighted by atomic mass is 10.0. The highest BCUT2D eigenvalue weighted by atomic mass is 19.1. The van der Waals surface area contributed by atoms with Crippen LogP contribution in [0.15, 0.2) is 48.8 Å². The highest BCUT2D eigenvalue weighted by Crippen LogP contribution is 2.34. The predicted octanol–water partition coefficient (Wildman–Crippen LogP) is 3.23. The van der Waals surface area contributed by atoms with Crippen LogP contribution in [0, 0.1) is 5.82 Å². The molecule has 0 aliphatic rings. The first-order valence-corrected chi connectivity index (χ1v) is 8.60. The molecule has 0 bridgehead atoms. The second-order valence-electron chi connectivity index (χ2n) is 6.20. The molecule has 0 aliphatic heterocycles. The smallest absolute Gasteiger partial charge is 0.220 e. The molecule has 6 nitrogen and oxygen atoms in total. The molecule has 0 radical (unpaired) electrons. The lowest BCUT2D eigenvalue weighted by Gasteiger charge is -2.07. The number of benzene rings is 1. The third-order valence-electron chi connectivity index (χ3n) is 4.49. The van der Waals surface area contributed by atoms with Crippen molar-refractivity contribution in [3.63, 3.8) is 0 Å². The van der Waals surface area contributed by atoms with Gasteiger partial charge in [-0.15, -0.1) is 0 Å². The van der Waals surface area contributed by atoms with Gasteiger partial charge in [-0.25, -0.2) is 19.3 Å². The van der Waals surface area contributed by atoms with Crippen LogP contribution >= 0.6 is 0 Å². The third-order valence-corrected chi connectivity index (χ3v) is 4.49. The largest absolute Gasteiger partial charge is 0.392 e. The SMILES string of the molecule is CCc1ccc(-c2nc3cc(CO)ccn3c2-c2ccnc(N)n2)c(F)c1. The van der Waals surface area contributed by atoms with E-state index in [0.717, 1.165) is 17.5 Å². The van der Waals surface area contributed by atoms with Gasteiger partial charge in [-0.3, -0.25) is 4.40 Å². The summed E-state index contributed by atoms with van der Waals surface area (Å²) in [6.07, 6.45) is 4.08. The lowest BCUT2D eigenvalue weighted by molar-refractivity contribution is 0.282. The van der Waals surface area contributed by atoms with Gasteiger partial charge < -0.3 is 10.8 Å². The van der Waals surface area contributed by atoms with Crippen molar-refractivity contribution < 1.29 is 9.50 Å². The van der Waals surface area contributed by atoms with E-state index in [9.17, 15) is 9.50 Å². The molecule has 0 atom stereocenters. The highest BCUT2D eigenvalue weighted by Gasteiger charge is 2.20. The van der Waals surface area contributed by atoms with E-state index in [1.54, 1.807) is 36.7 Å². The average molecular weight is 363 g/mol. The Morgan fingerprint density at radius 1 is 1.11 bits per heavy atom. The number of aliphatic hydroxyl groups is 1. The van der Waals surface area contributed by atoms with Crippen LogP contribution in [0.25, 0.3) is 28.3 Å². The van der Waals surface area contributed by atoms with Crippen LogP contribution in [0.1, 0.15) is 18.1 Å². The van der Waals surface area contributed by atoms with Crippen molar-refractivity contribution in [2.24, 2.45) is 0 Å². The Labute approximate surface area is 155 Å². The predicted molar refractivity (Wildman–Crippen MR) is 101 cm³/mol. The summed E-state index contributed by atoms with van der Waals surface area (Å²) >= 11 is 0. The van der Waals surface area contributed by atoms with Crippen LogP contribution < -0.4 is 5.73 Å². The summed E-state index contributed by atoms with van der Waals surface area (Å²) in [5, 5.41) is 9.41. The Bertz CT molecular complexity index is 1140. The molecule has 4 aromatic rings. The summed E-state index contributed by atoms with van der Waals surface area (Å²) in [6, 6.07) is 10.4. The van der Waals surface area contributed by atoms with E-state index in [1.165, 1.54) is 6.07 Å². The van der Waals surface area contributed by atoms with Crippen LogP contribution in [0.5, 0.6) is 0 Å². The maximum atomic E-state index is 14.8. The molecule has 3 heterocycles. The fraction of sp³-hybridized carbons (Fsp3) is 0.150. The van der Waals surface area contributed by atoms with Crippen molar-refractivity contribution in [1.82, 2.24) is 19.4 Å². The van der Waals surface area contributed by atoms with Gasteiger partial charge in [-0.05, 0) is 47.9 Å². The zero-order valence-electron chi connectivity index (χ0n) is 14.7. The van der Waals surface area contributed by atoms with Crippen molar-refractivity contribution in [1.29, 1.82) is 0 Å². The van der Waals surface area contributed by atoms with E-state index >= 15 is 0 Å². The second-order valence-corrected chi connectivity index (χ2v) is 6.20. The molecule has 27 heavy (non-hydrogen) atoms. The van der Waals surface area contributed by atoms with Crippen molar-refractivity contribution >= 4 is 11.6 Å². The summed E-state index contributed by atoms with van der Waals surface area (Å²) < 4.78 is 16.6. The number of nitrogens with two attached hydrogens (primary N) is 1. The van der Waals surface area contributed by atoms with Gasteiger partial charge in [0.25, 0.3) is 0 Å². The fourth-order valence-electron chi connectivity index (χ4n) is 3.09. The minimum absolute atomic E-state index is 0.103. The number of halogens is 1. The van der Waals surface area contributed by atoms with Crippen molar-refractivity contribution in [3.05, 3.63) is 65.7 Å². The van der Waals surface area contributed by atoms with E-state index in [4.69, 9.17) is 5.73 Å². The number of anilines is 1. The normalized spacial score (nSPS) is 11.2. The van der Waals surface area contributed by atoms with Gasteiger partial charge in [0.1, 0.15) is 17.2 Å². The summed E-state index contributed by atoms with van der Waals surface area (Å²) in [7, 11) is 0. The number of nitrogen functional groups attached to an aromatic ring is 1. The maximum Gasteiger partial charge on any atom is 0.220 e. The fourth-order valence-corrected chi connectivity index (χ4v) is 3.09.